The zero-order valence-corrected chi connectivity index (χ0v) is 12.3. The fraction of sp³-hybridized carbons (Fsp3) is 0.688. The molecule has 3 heteroatoms. The van der Waals surface area contributed by atoms with Crippen LogP contribution in [0.25, 0.3) is 0 Å². The van der Waals surface area contributed by atoms with Gasteiger partial charge in [-0.05, 0) is 43.9 Å². The Morgan fingerprint density at radius 3 is 2.74 bits per heavy atom. The molecule has 0 bridgehead atoms. The van der Waals surface area contributed by atoms with E-state index >= 15 is 0 Å². The maximum absolute atomic E-state index is 6.42. The predicted molar refractivity (Wildman–Crippen MR) is 79.9 cm³/mol. The van der Waals surface area contributed by atoms with E-state index in [1.54, 1.807) is 0 Å². The van der Waals surface area contributed by atoms with Gasteiger partial charge in [-0.1, -0.05) is 26.3 Å². The molecule has 0 amide bonds. The monoisotopic (exact) mass is 261 g/mol. The van der Waals surface area contributed by atoms with Crippen LogP contribution in [0.2, 0.25) is 0 Å². The van der Waals surface area contributed by atoms with Crippen molar-refractivity contribution < 1.29 is 0 Å². The van der Waals surface area contributed by atoms with Crippen molar-refractivity contribution in [3.63, 3.8) is 0 Å². The molecule has 0 radical (unpaired) electrons. The number of pyridine rings is 1. The van der Waals surface area contributed by atoms with Crippen LogP contribution in [0.4, 0.5) is 0 Å². The molecule has 1 aliphatic rings. The van der Waals surface area contributed by atoms with E-state index in [9.17, 15) is 0 Å². The van der Waals surface area contributed by atoms with Crippen molar-refractivity contribution in [1.82, 2.24) is 9.88 Å². The van der Waals surface area contributed by atoms with Crippen LogP contribution in [0.15, 0.2) is 24.5 Å². The third kappa shape index (κ3) is 3.77. The molecule has 0 aromatic carbocycles. The molecule has 2 unspecified atom stereocenters. The molecule has 1 saturated carbocycles. The van der Waals surface area contributed by atoms with Crippen molar-refractivity contribution in [2.24, 2.45) is 5.73 Å². The van der Waals surface area contributed by atoms with E-state index in [0.29, 0.717) is 6.04 Å². The van der Waals surface area contributed by atoms with Crippen LogP contribution in [0.3, 0.4) is 0 Å². The van der Waals surface area contributed by atoms with Crippen LogP contribution in [-0.2, 0) is 0 Å². The Hall–Kier alpha value is -0.930. The van der Waals surface area contributed by atoms with E-state index < -0.39 is 0 Å². The summed E-state index contributed by atoms with van der Waals surface area (Å²) in [6.07, 6.45) is 9.99. The van der Waals surface area contributed by atoms with Gasteiger partial charge in [-0.3, -0.25) is 9.88 Å². The van der Waals surface area contributed by atoms with E-state index in [1.807, 2.05) is 18.5 Å². The van der Waals surface area contributed by atoms with Crippen LogP contribution in [-0.4, -0.2) is 28.5 Å². The molecule has 0 spiro atoms. The molecular weight excluding hydrogens is 234 g/mol. The summed E-state index contributed by atoms with van der Waals surface area (Å²) in [4.78, 5) is 6.92. The van der Waals surface area contributed by atoms with E-state index in [-0.39, 0.29) is 6.04 Å². The summed E-state index contributed by atoms with van der Waals surface area (Å²) in [5.41, 5.74) is 7.70. The van der Waals surface area contributed by atoms with E-state index in [2.05, 4.69) is 29.8 Å². The lowest BCUT2D eigenvalue weighted by molar-refractivity contribution is 0.156. The molecule has 2 rings (SSSR count). The zero-order chi connectivity index (χ0) is 13.7. The topological polar surface area (TPSA) is 42.2 Å². The molecule has 1 aromatic rings. The van der Waals surface area contributed by atoms with Gasteiger partial charge in [0.1, 0.15) is 0 Å². The maximum Gasteiger partial charge on any atom is 0.0517 e. The first-order chi connectivity index (χ1) is 9.27. The third-order valence-corrected chi connectivity index (χ3v) is 4.05. The van der Waals surface area contributed by atoms with Gasteiger partial charge in [-0.15, -0.1) is 0 Å². The first kappa shape index (κ1) is 14.5. The number of aromatic nitrogens is 1. The lowest BCUT2D eigenvalue weighted by Crippen LogP contribution is -2.42. The molecule has 19 heavy (non-hydrogen) atoms. The Bertz CT molecular complexity index is 362. The highest BCUT2D eigenvalue weighted by molar-refractivity contribution is 5.17. The lowest BCUT2D eigenvalue weighted by Gasteiger charge is -2.35. The van der Waals surface area contributed by atoms with Gasteiger partial charge in [-0.25, -0.2) is 0 Å². The maximum atomic E-state index is 6.42. The van der Waals surface area contributed by atoms with Gasteiger partial charge in [0.25, 0.3) is 0 Å². The van der Waals surface area contributed by atoms with Gasteiger partial charge < -0.3 is 5.73 Å². The van der Waals surface area contributed by atoms with Crippen LogP contribution in [0.1, 0.15) is 57.6 Å². The van der Waals surface area contributed by atoms with Crippen LogP contribution < -0.4 is 5.73 Å². The van der Waals surface area contributed by atoms with E-state index in [1.165, 1.54) is 31.2 Å². The lowest BCUT2D eigenvalue weighted by atomic mass is 9.97. The minimum absolute atomic E-state index is 0.196. The van der Waals surface area contributed by atoms with Crippen molar-refractivity contribution >= 4 is 0 Å². The number of unbranched alkanes of at least 4 members (excludes halogenated alkanes) is 1. The van der Waals surface area contributed by atoms with Gasteiger partial charge in [0.05, 0.1) is 6.04 Å². The Balaban J connectivity index is 2.19. The zero-order valence-electron chi connectivity index (χ0n) is 12.3. The molecule has 1 fully saturated rings. The number of nitrogens with zero attached hydrogens (tertiary/aromatic N) is 2. The first-order valence-electron chi connectivity index (χ1n) is 7.69. The summed E-state index contributed by atoms with van der Waals surface area (Å²) in [5.74, 6) is 0. The first-order valence-corrected chi connectivity index (χ1v) is 7.69. The Kier molecular flexibility index (Phi) is 5.34. The van der Waals surface area contributed by atoms with Gasteiger partial charge >= 0.3 is 0 Å². The highest BCUT2D eigenvalue weighted by Gasteiger charge is 2.36. The van der Waals surface area contributed by atoms with E-state index in [0.717, 1.165) is 19.0 Å². The van der Waals surface area contributed by atoms with Gasteiger partial charge in [0, 0.05) is 24.5 Å². The Morgan fingerprint density at radius 2 is 2.21 bits per heavy atom. The highest BCUT2D eigenvalue weighted by atomic mass is 15.2. The summed E-state index contributed by atoms with van der Waals surface area (Å²) in [5, 5.41) is 0. The summed E-state index contributed by atoms with van der Waals surface area (Å²) in [6.45, 7) is 5.59. The third-order valence-electron chi connectivity index (χ3n) is 4.05. The molecule has 3 nitrogen and oxygen atoms in total. The van der Waals surface area contributed by atoms with Crippen molar-refractivity contribution in [2.45, 2.75) is 64.1 Å². The molecule has 0 saturated heterocycles. The average molecular weight is 261 g/mol. The molecule has 2 atom stereocenters. The van der Waals surface area contributed by atoms with Gasteiger partial charge in [-0.2, -0.15) is 0 Å². The summed E-state index contributed by atoms with van der Waals surface area (Å²) < 4.78 is 0. The van der Waals surface area contributed by atoms with Crippen molar-refractivity contribution in [2.75, 3.05) is 6.54 Å². The Morgan fingerprint density at radius 1 is 1.42 bits per heavy atom. The second-order valence-electron chi connectivity index (χ2n) is 5.63. The summed E-state index contributed by atoms with van der Waals surface area (Å²) in [7, 11) is 0. The van der Waals surface area contributed by atoms with Crippen molar-refractivity contribution in [3.05, 3.63) is 30.1 Å². The molecule has 1 heterocycles. The van der Waals surface area contributed by atoms with Crippen LogP contribution >= 0.6 is 0 Å². The molecule has 106 valence electrons. The standard InChI is InChI=1S/C16H27N3/c1-3-5-11-19(14-8-9-14)16(15(17)4-2)13-7-6-10-18-12-13/h6-7,10,12,14-16H,3-5,8-9,11,17H2,1-2H3. The van der Waals surface area contributed by atoms with E-state index in [4.69, 9.17) is 5.73 Å². The largest absolute Gasteiger partial charge is 0.326 e. The minimum Gasteiger partial charge on any atom is -0.326 e. The average Bonchev–Trinajstić information content (AvgIpc) is 3.28. The number of hydrogen-bond donors (Lipinski definition) is 1. The molecule has 2 N–H and O–H groups in total. The molecule has 1 aliphatic carbocycles. The summed E-state index contributed by atoms with van der Waals surface area (Å²) >= 11 is 0. The molecular formula is C16H27N3. The minimum atomic E-state index is 0.196. The van der Waals surface area contributed by atoms with Crippen LogP contribution in [0.5, 0.6) is 0 Å². The number of rotatable bonds is 8. The number of nitrogens with two attached hydrogens (primary N) is 1. The van der Waals surface area contributed by atoms with Crippen molar-refractivity contribution in [1.29, 1.82) is 0 Å². The number of hydrogen-bond acceptors (Lipinski definition) is 3. The fourth-order valence-electron chi connectivity index (χ4n) is 2.75. The fourth-order valence-corrected chi connectivity index (χ4v) is 2.75. The van der Waals surface area contributed by atoms with Crippen molar-refractivity contribution in [3.8, 4) is 0 Å². The predicted octanol–water partition coefficient (Wildman–Crippen LogP) is 3.12. The molecule has 0 aliphatic heterocycles. The Labute approximate surface area is 117 Å². The van der Waals surface area contributed by atoms with Gasteiger partial charge in [0.2, 0.25) is 0 Å². The normalized spacial score (nSPS) is 18.5. The SMILES string of the molecule is CCCCN(C1CC1)C(c1cccnc1)C(N)CC. The van der Waals surface area contributed by atoms with Crippen LogP contribution in [0, 0.1) is 0 Å². The second-order valence-corrected chi connectivity index (χ2v) is 5.63. The quantitative estimate of drug-likeness (QED) is 0.782. The highest BCUT2D eigenvalue weighted by Crippen LogP contribution is 2.36. The summed E-state index contributed by atoms with van der Waals surface area (Å²) in [6, 6.07) is 5.47. The van der Waals surface area contributed by atoms with Gasteiger partial charge in [0.15, 0.2) is 0 Å². The molecule has 1 aromatic heterocycles. The smallest absolute Gasteiger partial charge is 0.0517 e. The second kappa shape index (κ2) is 7.01.